The van der Waals surface area contributed by atoms with E-state index >= 15 is 0 Å². The van der Waals surface area contributed by atoms with Crippen molar-refractivity contribution in [3.8, 4) is 0 Å². The lowest BCUT2D eigenvalue weighted by atomic mass is 9.69. The second-order valence-corrected chi connectivity index (χ2v) is 6.25. The SMILES string of the molecule is O=C=NC[C]1CCCCC1CC1CCCC[C]1CN=C=O. The Hall–Kier alpha value is -1.24. The number of aliphatic imine (C=N–C) groups is 2. The summed E-state index contributed by atoms with van der Waals surface area (Å²) in [5.41, 5.74) is 0. The van der Waals surface area contributed by atoms with E-state index in [4.69, 9.17) is 0 Å². The minimum atomic E-state index is 0.558. The molecule has 0 aromatic heterocycles. The Balaban J connectivity index is 1.94. The molecule has 2 aliphatic carbocycles. The lowest BCUT2D eigenvalue weighted by Crippen LogP contribution is -2.27. The summed E-state index contributed by atoms with van der Waals surface area (Å²) in [5, 5.41) is 0. The first kappa shape index (κ1) is 16.1. The largest absolute Gasteiger partial charge is 0.234 e. The lowest BCUT2D eigenvalue weighted by Gasteiger charge is -2.37. The molecule has 0 spiro atoms. The van der Waals surface area contributed by atoms with E-state index in [-0.39, 0.29) is 0 Å². The first-order valence-electron chi connectivity index (χ1n) is 8.11. The van der Waals surface area contributed by atoms with Gasteiger partial charge in [0.2, 0.25) is 12.2 Å². The molecule has 0 N–H and O–H groups in total. The van der Waals surface area contributed by atoms with E-state index in [0.717, 1.165) is 19.3 Å². The maximum Gasteiger partial charge on any atom is 0.234 e. The van der Waals surface area contributed by atoms with Crippen LogP contribution in [0, 0.1) is 23.7 Å². The third kappa shape index (κ3) is 4.91. The molecule has 4 nitrogen and oxygen atoms in total. The first-order chi connectivity index (χ1) is 10.3. The van der Waals surface area contributed by atoms with Crippen LogP contribution in [0.15, 0.2) is 9.98 Å². The Morgan fingerprint density at radius 3 is 1.71 bits per heavy atom. The minimum Gasteiger partial charge on any atom is -0.211 e. The number of carbonyl (C=O) groups excluding carboxylic acids is 2. The van der Waals surface area contributed by atoms with Crippen LogP contribution in [-0.2, 0) is 9.59 Å². The fourth-order valence-electron chi connectivity index (χ4n) is 3.90. The van der Waals surface area contributed by atoms with Crippen molar-refractivity contribution in [1.82, 2.24) is 0 Å². The number of hydrogen-bond donors (Lipinski definition) is 0. The maximum atomic E-state index is 10.4. The van der Waals surface area contributed by atoms with Crippen LogP contribution in [0.25, 0.3) is 0 Å². The monoisotopic (exact) mass is 288 g/mol. The Morgan fingerprint density at radius 2 is 1.29 bits per heavy atom. The van der Waals surface area contributed by atoms with Gasteiger partial charge in [0.05, 0.1) is 13.1 Å². The molecule has 2 saturated carbocycles. The highest BCUT2D eigenvalue weighted by Crippen LogP contribution is 2.42. The van der Waals surface area contributed by atoms with Gasteiger partial charge >= 0.3 is 0 Å². The van der Waals surface area contributed by atoms with Crippen molar-refractivity contribution in [1.29, 1.82) is 0 Å². The van der Waals surface area contributed by atoms with E-state index in [1.54, 1.807) is 12.2 Å². The Kier molecular flexibility index (Phi) is 6.85. The van der Waals surface area contributed by atoms with Crippen LogP contribution >= 0.6 is 0 Å². The van der Waals surface area contributed by atoms with Gasteiger partial charge in [-0.3, -0.25) is 0 Å². The van der Waals surface area contributed by atoms with E-state index in [1.165, 1.54) is 50.4 Å². The van der Waals surface area contributed by atoms with Crippen molar-refractivity contribution in [2.24, 2.45) is 21.8 Å². The van der Waals surface area contributed by atoms with Crippen molar-refractivity contribution in [2.75, 3.05) is 13.1 Å². The van der Waals surface area contributed by atoms with Crippen molar-refractivity contribution in [2.45, 2.75) is 57.8 Å². The molecule has 2 unspecified atom stereocenters. The van der Waals surface area contributed by atoms with E-state index in [1.807, 2.05) is 0 Å². The van der Waals surface area contributed by atoms with Crippen LogP contribution in [0.4, 0.5) is 0 Å². The maximum absolute atomic E-state index is 10.4. The van der Waals surface area contributed by atoms with Gasteiger partial charge < -0.3 is 0 Å². The molecule has 21 heavy (non-hydrogen) atoms. The van der Waals surface area contributed by atoms with Gasteiger partial charge in [0.15, 0.2) is 0 Å². The average molecular weight is 288 g/mol. The highest BCUT2D eigenvalue weighted by Gasteiger charge is 2.32. The summed E-state index contributed by atoms with van der Waals surface area (Å²) < 4.78 is 0. The third-order valence-electron chi connectivity index (χ3n) is 5.02. The predicted molar refractivity (Wildman–Crippen MR) is 81.0 cm³/mol. The molecule has 2 radical (unpaired) electrons. The molecule has 2 fully saturated rings. The zero-order valence-electron chi connectivity index (χ0n) is 12.6. The fraction of sp³-hybridized carbons (Fsp3) is 0.765. The van der Waals surface area contributed by atoms with E-state index in [9.17, 15) is 9.59 Å². The van der Waals surface area contributed by atoms with Gasteiger partial charge in [-0.05, 0) is 43.9 Å². The molecule has 0 heterocycles. The summed E-state index contributed by atoms with van der Waals surface area (Å²) in [6.07, 6.45) is 14.1. The molecule has 0 saturated heterocycles. The van der Waals surface area contributed by atoms with Gasteiger partial charge in [-0.15, -0.1) is 0 Å². The Morgan fingerprint density at radius 1 is 0.810 bits per heavy atom. The van der Waals surface area contributed by atoms with Crippen LogP contribution in [0.1, 0.15) is 57.8 Å². The van der Waals surface area contributed by atoms with Gasteiger partial charge in [-0.25, -0.2) is 19.6 Å². The smallest absolute Gasteiger partial charge is 0.211 e. The van der Waals surface area contributed by atoms with Gasteiger partial charge in [0.1, 0.15) is 0 Å². The Labute approximate surface area is 127 Å². The first-order valence-corrected chi connectivity index (χ1v) is 8.11. The van der Waals surface area contributed by atoms with Gasteiger partial charge in [-0.2, -0.15) is 0 Å². The average Bonchev–Trinajstić information content (AvgIpc) is 2.53. The fourth-order valence-corrected chi connectivity index (χ4v) is 3.90. The van der Waals surface area contributed by atoms with Crippen LogP contribution in [0.2, 0.25) is 0 Å². The van der Waals surface area contributed by atoms with Gasteiger partial charge in [-0.1, -0.05) is 25.7 Å². The van der Waals surface area contributed by atoms with Gasteiger partial charge in [0.25, 0.3) is 0 Å². The molecule has 0 amide bonds. The molecule has 0 aliphatic heterocycles. The summed E-state index contributed by atoms with van der Waals surface area (Å²) >= 11 is 0. The van der Waals surface area contributed by atoms with Gasteiger partial charge in [0, 0.05) is 11.8 Å². The van der Waals surface area contributed by atoms with Crippen LogP contribution in [-0.4, -0.2) is 25.2 Å². The van der Waals surface area contributed by atoms with Crippen molar-refractivity contribution in [3.63, 3.8) is 0 Å². The molecular formula is C17H24N2O2. The lowest BCUT2D eigenvalue weighted by molar-refractivity contribution is 0.276. The zero-order valence-corrected chi connectivity index (χ0v) is 12.6. The Bertz CT molecular complexity index is 373. The van der Waals surface area contributed by atoms with E-state index in [2.05, 4.69) is 9.98 Å². The molecule has 2 atom stereocenters. The predicted octanol–water partition coefficient (Wildman–Crippen LogP) is 3.58. The number of rotatable bonds is 6. The highest BCUT2D eigenvalue weighted by molar-refractivity contribution is 5.34. The molecule has 2 aliphatic rings. The number of hydrogen-bond acceptors (Lipinski definition) is 4. The summed E-state index contributed by atoms with van der Waals surface area (Å²) in [5.74, 6) is 4.00. The second kappa shape index (κ2) is 8.92. The van der Waals surface area contributed by atoms with Crippen molar-refractivity contribution >= 4 is 12.2 Å². The van der Waals surface area contributed by atoms with Crippen LogP contribution < -0.4 is 0 Å². The highest BCUT2D eigenvalue weighted by atomic mass is 16.1. The summed E-state index contributed by atoms with van der Waals surface area (Å²) in [4.78, 5) is 28.3. The molecule has 0 bridgehead atoms. The van der Waals surface area contributed by atoms with Crippen molar-refractivity contribution < 1.29 is 9.59 Å². The molecular weight excluding hydrogens is 264 g/mol. The normalized spacial score (nSPS) is 27.6. The molecule has 0 aromatic carbocycles. The summed E-state index contributed by atoms with van der Waals surface area (Å²) in [6.45, 7) is 1.12. The molecule has 2 rings (SSSR count). The van der Waals surface area contributed by atoms with E-state index in [0.29, 0.717) is 24.9 Å². The standard InChI is InChI=1S/C17H24N2O2/c20-12-18-10-16-7-3-1-5-14(16)9-15-6-2-4-8-17(15)11-19-13-21/h14-15H,1-11H2. The summed E-state index contributed by atoms with van der Waals surface area (Å²) in [7, 11) is 0. The zero-order chi connectivity index (χ0) is 14.9. The molecule has 4 heteroatoms. The second-order valence-electron chi connectivity index (χ2n) is 6.25. The summed E-state index contributed by atoms with van der Waals surface area (Å²) in [6, 6.07) is 0. The topological polar surface area (TPSA) is 58.9 Å². The third-order valence-corrected chi connectivity index (χ3v) is 5.02. The number of isocyanates is 2. The van der Waals surface area contributed by atoms with Crippen LogP contribution in [0.3, 0.4) is 0 Å². The quantitative estimate of drug-likeness (QED) is 0.554. The van der Waals surface area contributed by atoms with Crippen LogP contribution in [0.5, 0.6) is 0 Å². The number of nitrogens with zero attached hydrogens (tertiary/aromatic N) is 2. The minimum absolute atomic E-state index is 0.558. The van der Waals surface area contributed by atoms with Crippen molar-refractivity contribution in [3.05, 3.63) is 11.8 Å². The van der Waals surface area contributed by atoms with E-state index < -0.39 is 0 Å². The molecule has 0 aromatic rings. The molecule has 114 valence electrons.